The van der Waals surface area contributed by atoms with E-state index in [0.29, 0.717) is 0 Å². The Kier molecular flexibility index (Phi) is 7.76. The zero-order valence-corrected chi connectivity index (χ0v) is 13.6. The number of hydrogen-bond acceptors (Lipinski definition) is 1. The van der Waals surface area contributed by atoms with Crippen LogP contribution >= 0.6 is 27.5 Å². The van der Waals surface area contributed by atoms with Gasteiger partial charge in [-0.25, -0.2) is 0 Å². The van der Waals surface area contributed by atoms with Gasteiger partial charge < -0.3 is 4.74 Å². The monoisotopic (exact) mass is 332 g/mol. The fourth-order valence-corrected chi connectivity index (χ4v) is 3.08. The Bertz CT molecular complexity index is 354. The number of ether oxygens (including phenoxy) is 1. The van der Waals surface area contributed by atoms with Crippen LogP contribution in [0.2, 0.25) is 0 Å². The first kappa shape index (κ1) is 15.8. The predicted octanol–water partition coefficient (Wildman–Crippen LogP) is 6.10. The third-order valence-corrected chi connectivity index (χ3v) is 4.25. The minimum Gasteiger partial charge on any atom is -0.497 e. The Labute approximate surface area is 124 Å². The smallest absolute Gasteiger partial charge is 0.120 e. The lowest BCUT2D eigenvalue weighted by Crippen LogP contribution is -1.94. The van der Waals surface area contributed by atoms with E-state index in [9.17, 15) is 0 Å². The normalized spacial score (nSPS) is 12.4. The van der Waals surface area contributed by atoms with Crippen molar-refractivity contribution in [2.24, 2.45) is 0 Å². The average Bonchev–Trinajstić information content (AvgIpc) is 2.38. The molecule has 1 atom stereocenters. The van der Waals surface area contributed by atoms with E-state index < -0.39 is 0 Å². The zero-order valence-electron chi connectivity index (χ0n) is 11.2. The minimum atomic E-state index is 0.0897. The van der Waals surface area contributed by atoms with Crippen molar-refractivity contribution >= 4 is 27.5 Å². The SMILES string of the molecule is CCCCCCCC(Cl)c1ccc(OC)cc1Br. The Morgan fingerprint density at radius 2 is 1.94 bits per heavy atom. The van der Waals surface area contributed by atoms with E-state index >= 15 is 0 Å². The molecule has 0 aromatic heterocycles. The quantitative estimate of drug-likeness (QED) is 0.412. The summed E-state index contributed by atoms with van der Waals surface area (Å²) in [6, 6.07) is 5.99. The number of hydrogen-bond donors (Lipinski definition) is 0. The second-order valence-corrected chi connectivity index (χ2v) is 5.94. The largest absolute Gasteiger partial charge is 0.497 e. The van der Waals surface area contributed by atoms with Crippen molar-refractivity contribution in [3.05, 3.63) is 28.2 Å². The number of benzene rings is 1. The summed E-state index contributed by atoms with van der Waals surface area (Å²) in [4.78, 5) is 0. The van der Waals surface area contributed by atoms with Gasteiger partial charge in [0, 0.05) is 4.47 Å². The van der Waals surface area contributed by atoms with Gasteiger partial charge in [-0.1, -0.05) is 61.0 Å². The molecule has 102 valence electrons. The first-order chi connectivity index (χ1) is 8.69. The predicted molar refractivity (Wildman–Crippen MR) is 82.7 cm³/mol. The van der Waals surface area contributed by atoms with Crippen molar-refractivity contribution in [3.8, 4) is 5.75 Å². The van der Waals surface area contributed by atoms with Gasteiger partial charge in [0.2, 0.25) is 0 Å². The number of rotatable bonds is 8. The molecule has 0 amide bonds. The zero-order chi connectivity index (χ0) is 13.4. The Morgan fingerprint density at radius 1 is 1.22 bits per heavy atom. The van der Waals surface area contributed by atoms with Crippen LogP contribution in [0.3, 0.4) is 0 Å². The van der Waals surface area contributed by atoms with Gasteiger partial charge in [-0.2, -0.15) is 0 Å². The third kappa shape index (κ3) is 5.19. The second-order valence-electron chi connectivity index (χ2n) is 4.56. The molecule has 0 saturated carbocycles. The van der Waals surface area contributed by atoms with E-state index in [2.05, 4.69) is 22.9 Å². The first-order valence-corrected chi connectivity index (χ1v) is 7.89. The maximum Gasteiger partial charge on any atom is 0.120 e. The van der Waals surface area contributed by atoms with Crippen LogP contribution < -0.4 is 4.74 Å². The molecule has 0 spiro atoms. The topological polar surface area (TPSA) is 9.23 Å². The van der Waals surface area contributed by atoms with E-state index in [1.807, 2.05) is 18.2 Å². The molecule has 0 radical (unpaired) electrons. The summed E-state index contributed by atoms with van der Waals surface area (Å²) < 4.78 is 6.22. The van der Waals surface area contributed by atoms with Crippen LogP contribution in [-0.4, -0.2) is 7.11 Å². The summed E-state index contributed by atoms with van der Waals surface area (Å²) >= 11 is 10.0. The van der Waals surface area contributed by atoms with Crippen molar-refractivity contribution in [3.63, 3.8) is 0 Å². The van der Waals surface area contributed by atoms with E-state index in [1.165, 1.54) is 32.1 Å². The molecule has 1 rings (SSSR count). The van der Waals surface area contributed by atoms with Crippen molar-refractivity contribution < 1.29 is 4.74 Å². The fourth-order valence-electron chi connectivity index (χ4n) is 1.97. The van der Waals surface area contributed by atoms with Crippen LogP contribution in [0, 0.1) is 0 Å². The fraction of sp³-hybridized carbons (Fsp3) is 0.600. The van der Waals surface area contributed by atoms with Gasteiger partial charge in [-0.15, -0.1) is 11.6 Å². The molecule has 0 N–H and O–H groups in total. The molecular weight excluding hydrogens is 312 g/mol. The highest BCUT2D eigenvalue weighted by atomic mass is 79.9. The average molecular weight is 334 g/mol. The minimum absolute atomic E-state index is 0.0897. The summed E-state index contributed by atoms with van der Waals surface area (Å²) in [5, 5.41) is 0.0897. The van der Waals surface area contributed by atoms with Crippen LogP contribution in [0.25, 0.3) is 0 Å². The van der Waals surface area contributed by atoms with E-state index in [0.717, 1.165) is 22.2 Å². The number of methoxy groups -OCH3 is 1. The first-order valence-electron chi connectivity index (χ1n) is 6.66. The summed E-state index contributed by atoms with van der Waals surface area (Å²) in [7, 11) is 1.67. The maximum atomic E-state index is 6.45. The molecule has 0 fully saturated rings. The van der Waals surface area contributed by atoms with Gasteiger partial charge in [-0.05, 0) is 24.1 Å². The molecule has 0 heterocycles. The number of unbranched alkanes of at least 4 members (excludes halogenated alkanes) is 4. The van der Waals surface area contributed by atoms with Crippen molar-refractivity contribution in [1.29, 1.82) is 0 Å². The van der Waals surface area contributed by atoms with Crippen LogP contribution in [0.1, 0.15) is 56.4 Å². The number of alkyl halides is 1. The third-order valence-electron chi connectivity index (χ3n) is 3.11. The molecule has 0 aliphatic carbocycles. The van der Waals surface area contributed by atoms with Gasteiger partial charge >= 0.3 is 0 Å². The Balaban J connectivity index is 2.43. The van der Waals surface area contributed by atoms with E-state index in [1.54, 1.807) is 7.11 Å². The van der Waals surface area contributed by atoms with Crippen molar-refractivity contribution in [2.75, 3.05) is 7.11 Å². The molecule has 1 aromatic rings. The van der Waals surface area contributed by atoms with Crippen LogP contribution in [0.4, 0.5) is 0 Å². The van der Waals surface area contributed by atoms with Crippen molar-refractivity contribution in [1.82, 2.24) is 0 Å². The molecule has 0 bridgehead atoms. The summed E-state index contributed by atoms with van der Waals surface area (Å²) in [5.74, 6) is 0.859. The standard InChI is InChI=1S/C15H22BrClO/c1-3-4-5-6-7-8-15(17)13-10-9-12(18-2)11-14(13)16/h9-11,15H,3-8H2,1-2H3. The summed E-state index contributed by atoms with van der Waals surface area (Å²) in [5.41, 5.74) is 1.16. The van der Waals surface area contributed by atoms with Crippen LogP contribution in [-0.2, 0) is 0 Å². The molecule has 0 saturated heterocycles. The maximum absolute atomic E-state index is 6.45. The molecular formula is C15H22BrClO. The van der Waals surface area contributed by atoms with Crippen molar-refractivity contribution in [2.45, 2.75) is 50.8 Å². The lowest BCUT2D eigenvalue weighted by molar-refractivity contribution is 0.414. The molecule has 3 heteroatoms. The molecule has 1 unspecified atom stereocenters. The molecule has 1 nitrogen and oxygen atoms in total. The van der Waals surface area contributed by atoms with E-state index in [4.69, 9.17) is 16.3 Å². The summed E-state index contributed by atoms with van der Waals surface area (Å²) in [6.07, 6.45) is 7.46. The molecule has 0 aliphatic rings. The molecule has 1 aromatic carbocycles. The Morgan fingerprint density at radius 3 is 2.56 bits per heavy atom. The lowest BCUT2D eigenvalue weighted by atomic mass is 10.0. The highest BCUT2D eigenvalue weighted by Gasteiger charge is 2.11. The van der Waals surface area contributed by atoms with Gasteiger partial charge in [0.25, 0.3) is 0 Å². The van der Waals surface area contributed by atoms with Crippen LogP contribution in [0.15, 0.2) is 22.7 Å². The molecule has 0 aliphatic heterocycles. The lowest BCUT2D eigenvalue weighted by Gasteiger charge is -2.12. The van der Waals surface area contributed by atoms with E-state index in [-0.39, 0.29) is 5.38 Å². The van der Waals surface area contributed by atoms with Gasteiger partial charge in [0.15, 0.2) is 0 Å². The Hall–Kier alpha value is -0.210. The summed E-state index contributed by atoms with van der Waals surface area (Å²) in [6.45, 7) is 2.23. The number of halogens is 2. The highest BCUT2D eigenvalue weighted by molar-refractivity contribution is 9.10. The van der Waals surface area contributed by atoms with Gasteiger partial charge in [0.1, 0.15) is 5.75 Å². The highest BCUT2D eigenvalue weighted by Crippen LogP contribution is 2.34. The second kappa shape index (κ2) is 8.82. The van der Waals surface area contributed by atoms with Crippen LogP contribution in [0.5, 0.6) is 5.75 Å². The van der Waals surface area contributed by atoms with Gasteiger partial charge in [0.05, 0.1) is 12.5 Å². The van der Waals surface area contributed by atoms with Gasteiger partial charge in [-0.3, -0.25) is 0 Å². The molecule has 18 heavy (non-hydrogen) atoms.